The lowest BCUT2D eigenvalue weighted by Crippen LogP contribution is -2.40. The fourth-order valence-corrected chi connectivity index (χ4v) is 11.4. The van der Waals surface area contributed by atoms with Crippen LogP contribution in [0, 0.1) is 0 Å². The summed E-state index contributed by atoms with van der Waals surface area (Å²) in [5, 5.41) is 4.79. The fourth-order valence-electron chi connectivity index (χ4n) is 10.2. The predicted octanol–water partition coefficient (Wildman–Crippen LogP) is 14.4. The molecule has 0 amide bonds. The van der Waals surface area contributed by atoms with Crippen LogP contribution in [0.4, 0.5) is 17.1 Å². The van der Waals surface area contributed by atoms with E-state index in [0.29, 0.717) is 0 Å². The van der Waals surface area contributed by atoms with Crippen molar-refractivity contribution in [2.45, 2.75) is 24.7 Å². The molecule has 0 N–H and O–H groups in total. The van der Waals surface area contributed by atoms with Crippen LogP contribution in [0.25, 0.3) is 53.2 Å². The minimum Gasteiger partial charge on any atom is -0.454 e. The SMILES string of the molecule is CC1(C)c2ccccc2C2(c3ccccc3-c3ccc(N(c4cccc5c4oc4ccccc45)c4cccc5c4sc4ccccc45)cc32)c2ccccc21. The Morgan fingerprint density at radius 3 is 1.82 bits per heavy atom. The van der Waals surface area contributed by atoms with Crippen molar-refractivity contribution in [1.82, 2.24) is 0 Å². The summed E-state index contributed by atoms with van der Waals surface area (Å²) in [7, 11) is 0. The Bertz CT molecular complexity index is 3050. The third-order valence-electron chi connectivity index (χ3n) is 12.5. The molecule has 12 rings (SSSR count). The van der Waals surface area contributed by atoms with Crippen molar-refractivity contribution >= 4 is 70.5 Å². The molecule has 55 heavy (non-hydrogen) atoms. The number of thiophene rings is 1. The monoisotopic (exact) mass is 721 g/mol. The molecule has 0 saturated carbocycles. The smallest absolute Gasteiger partial charge is 0.159 e. The maximum Gasteiger partial charge on any atom is 0.159 e. The van der Waals surface area contributed by atoms with E-state index in [2.05, 4.69) is 195 Å². The third kappa shape index (κ3) is 3.98. The largest absolute Gasteiger partial charge is 0.454 e. The lowest BCUT2D eigenvalue weighted by atomic mass is 9.55. The van der Waals surface area contributed by atoms with Crippen molar-refractivity contribution < 1.29 is 4.42 Å². The summed E-state index contributed by atoms with van der Waals surface area (Å²) in [6, 6.07) is 65.2. The maximum atomic E-state index is 6.81. The normalized spacial score (nSPS) is 14.7. The second kappa shape index (κ2) is 11.1. The van der Waals surface area contributed by atoms with Crippen LogP contribution < -0.4 is 4.90 Å². The van der Waals surface area contributed by atoms with E-state index in [0.717, 1.165) is 39.0 Å². The quantitative estimate of drug-likeness (QED) is 0.181. The number of hydrogen-bond donors (Lipinski definition) is 0. The highest BCUT2D eigenvalue weighted by Gasteiger charge is 2.53. The van der Waals surface area contributed by atoms with Crippen LogP contribution in [0.5, 0.6) is 0 Å². The van der Waals surface area contributed by atoms with E-state index in [9.17, 15) is 0 Å². The Morgan fingerprint density at radius 2 is 1.04 bits per heavy atom. The zero-order chi connectivity index (χ0) is 36.5. The zero-order valence-corrected chi connectivity index (χ0v) is 31.3. The van der Waals surface area contributed by atoms with E-state index in [1.807, 2.05) is 11.3 Å². The first-order valence-electron chi connectivity index (χ1n) is 19.1. The number of anilines is 3. The van der Waals surface area contributed by atoms with Crippen molar-refractivity contribution in [3.05, 3.63) is 209 Å². The van der Waals surface area contributed by atoms with Gasteiger partial charge >= 0.3 is 0 Å². The molecule has 1 spiro atoms. The molecular formula is C52H35NOS. The summed E-state index contributed by atoms with van der Waals surface area (Å²) in [6.45, 7) is 4.77. The Kier molecular flexibility index (Phi) is 6.23. The van der Waals surface area contributed by atoms with E-state index >= 15 is 0 Å². The van der Waals surface area contributed by atoms with E-state index in [1.165, 1.54) is 64.7 Å². The van der Waals surface area contributed by atoms with Crippen LogP contribution in [0.15, 0.2) is 180 Å². The number of furan rings is 1. The summed E-state index contributed by atoms with van der Waals surface area (Å²) in [4.78, 5) is 2.46. The molecule has 0 fully saturated rings. The Labute approximate surface area is 323 Å². The molecule has 0 unspecified atom stereocenters. The summed E-state index contributed by atoms with van der Waals surface area (Å²) in [6.07, 6.45) is 0. The molecule has 0 aliphatic heterocycles. The second-order valence-electron chi connectivity index (χ2n) is 15.6. The van der Waals surface area contributed by atoms with Gasteiger partial charge in [-0.2, -0.15) is 0 Å². The molecule has 10 aromatic rings. The molecular weight excluding hydrogens is 687 g/mol. The van der Waals surface area contributed by atoms with Crippen LogP contribution in [-0.4, -0.2) is 0 Å². The third-order valence-corrected chi connectivity index (χ3v) is 13.8. The molecule has 2 aromatic heterocycles. The average Bonchev–Trinajstić information content (AvgIpc) is 3.90. The molecule has 2 aliphatic rings. The van der Waals surface area contributed by atoms with Gasteiger partial charge in [-0.1, -0.05) is 153 Å². The molecule has 2 nitrogen and oxygen atoms in total. The Balaban J connectivity index is 1.21. The van der Waals surface area contributed by atoms with Gasteiger partial charge in [0.15, 0.2) is 5.58 Å². The van der Waals surface area contributed by atoms with Crippen LogP contribution in [0.3, 0.4) is 0 Å². The van der Waals surface area contributed by atoms with E-state index < -0.39 is 5.41 Å². The molecule has 3 heteroatoms. The molecule has 0 atom stereocenters. The van der Waals surface area contributed by atoms with Crippen LogP contribution in [0.1, 0.15) is 47.2 Å². The highest BCUT2D eigenvalue weighted by Crippen LogP contribution is 2.63. The second-order valence-corrected chi connectivity index (χ2v) is 16.6. The highest BCUT2D eigenvalue weighted by atomic mass is 32.1. The minimum absolute atomic E-state index is 0.159. The predicted molar refractivity (Wildman–Crippen MR) is 231 cm³/mol. The Hall–Kier alpha value is -6.42. The van der Waals surface area contributed by atoms with Gasteiger partial charge in [-0.25, -0.2) is 0 Å². The van der Waals surface area contributed by atoms with Crippen LogP contribution in [0.2, 0.25) is 0 Å². The van der Waals surface area contributed by atoms with E-state index in [1.54, 1.807) is 0 Å². The number of nitrogens with zero attached hydrogens (tertiary/aromatic N) is 1. The Morgan fingerprint density at radius 1 is 0.455 bits per heavy atom. The summed E-state index contributed by atoms with van der Waals surface area (Å²) in [5.74, 6) is 0. The van der Waals surface area contributed by atoms with Gasteiger partial charge in [0.05, 0.1) is 21.5 Å². The van der Waals surface area contributed by atoms with Crippen molar-refractivity contribution in [3.63, 3.8) is 0 Å². The van der Waals surface area contributed by atoms with Gasteiger partial charge in [-0.05, 0) is 80.9 Å². The minimum atomic E-state index is -0.495. The summed E-state index contributed by atoms with van der Waals surface area (Å²) < 4.78 is 9.35. The maximum absolute atomic E-state index is 6.81. The van der Waals surface area contributed by atoms with Crippen molar-refractivity contribution in [2.24, 2.45) is 0 Å². The van der Waals surface area contributed by atoms with Gasteiger partial charge in [0.1, 0.15) is 5.58 Å². The van der Waals surface area contributed by atoms with E-state index in [-0.39, 0.29) is 5.41 Å². The molecule has 0 bridgehead atoms. The zero-order valence-electron chi connectivity index (χ0n) is 30.5. The van der Waals surface area contributed by atoms with Gasteiger partial charge in [-0.3, -0.25) is 0 Å². The first kappa shape index (κ1) is 31.0. The van der Waals surface area contributed by atoms with Gasteiger partial charge in [0.25, 0.3) is 0 Å². The lowest BCUT2D eigenvalue weighted by molar-refractivity contribution is 0.563. The summed E-state index contributed by atoms with van der Waals surface area (Å²) in [5.41, 5.74) is 15.1. The first-order valence-corrected chi connectivity index (χ1v) is 19.9. The number of rotatable bonds is 3. The van der Waals surface area contributed by atoms with Crippen LogP contribution >= 0.6 is 11.3 Å². The fraction of sp³-hybridized carbons (Fsp3) is 0.0769. The number of benzene rings is 8. The van der Waals surface area contributed by atoms with Gasteiger partial charge in [-0.15, -0.1) is 11.3 Å². The van der Waals surface area contributed by atoms with Gasteiger partial charge in [0.2, 0.25) is 0 Å². The van der Waals surface area contributed by atoms with Gasteiger partial charge < -0.3 is 9.32 Å². The molecule has 2 heterocycles. The van der Waals surface area contributed by atoms with Crippen molar-refractivity contribution in [3.8, 4) is 11.1 Å². The lowest BCUT2D eigenvalue weighted by Gasteiger charge is -2.46. The average molecular weight is 722 g/mol. The van der Waals surface area contributed by atoms with Crippen molar-refractivity contribution in [1.29, 1.82) is 0 Å². The van der Waals surface area contributed by atoms with Gasteiger partial charge in [0, 0.05) is 37.3 Å². The standard InChI is InChI=1S/C52H35NOS/c1-51(2)40-21-7-9-23-42(40)52(43-24-10-8-22-41(43)51)39-20-6-3-15-33(39)34-30-29-32(31-44(34)52)53(45-25-13-18-37-35-16-4-11-27-47(35)54-49(37)45)46-26-14-19-38-36-17-5-12-28-48(36)55-50(38)46/h3-31H,1-2H3. The summed E-state index contributed by atoms with van der Waals surface area (Å²) >= 11 is 1.86. The van der Waals surface area contributed by atoms with Crippen molar-refractivity contribution in [2.75, 3.05) is 4.90 Å². The topological polar surface area (TPSA) is 16.4 Å². The molecule has 260 valence electrons. The van der Waals surface area contributed by atoms with Crippen LogP contribution in [-0.2, 0) is 10.8 Å². The number of para-hydroxylation sites is 2. The molecule has 0 saturated heterocycles. The number of fused-ring (bicyclic) bond motifs is 15. The molecule has 2 aliphatic carbocycles. The molecule has 8 aromatic carbocycles. The van der Waals surface area contributed by atoms with E-state index in [4.69, 9.17) is 4.42 Å². The number of hydrogen-bond acceptors (Lipinski definition) is 3. The molecule has 0 radical (unpaired) electrons. The highest BCUT2D eigenvalue weighted by molar-refractivity contribution is 7.26. The first-order chi connectivity index (χ1) is 27.0.